The first kappa shape index (κ1) is 25.5. The van der Waals surface area contributed by atoms with Gasteiger partial charge in [-0.1, -0.05) is 78.9 Å². The van der Waals surface area contributed by atoms with Crippen molar-refractivity contribution in [2.75, 3.05) is 0 Å². The van der Waals surface area contributed by atoms with E-state index in [9.17, 15) is 0 Å². The number of benzene rings is 6. The van der Waals surface area contributed by atoms with Gasteiger partial charge in [-0.05, 0) is 82.2 Å². The summed E-state index contributed by atoms with van der Waals surface area (Å²) in [6.45, 7) is 0. The van der Waals surface area contributed by atoms with Crippen molar-refractivity contribution < 1.29 is 0 Å². The maximum absolute atomic E-state index is 4.93. The van der Waals surface area contributed by atoms with Crippen LogP contribution in [0.2, 0.25) is 0 Å². The Labute approximate surface area is 268 Å². The van der Waals surface area contributed by atoms with Gasteiger partial charge in [0.2, 0.25) is 0 Å². The molecule has 0 spiro atoms. The van der Waals surface area contributed by atoms with Crippen LogP contribution in [0.25, 0.3) is 91.6 Å². The highest BCUT2D eigenvalue weighted by Crippen LogP contribution is 2.44. The molecule has 46 heavy (non-hydrogen) atoms. The van der Waals surface area contributed by atoms with Crippen LogP contribution in [0.1, 0.15) is 0 Å². The van der Waals surface area contributed by atoms with Gasteiger partial charge in [-0.25, -0.2) is 0 Å². The summed E-state index contributed by atoms with van der Waals surface area (Å²) in [4.78, 5) is 9.25. The molecule has 0 bridgehead atoms. The van der Waals surface area contributed by atoms with Gasteiger partial charge in [-0.2, -0.15) is 0 Å². The third kappa shape index (κ3) is 3.65. The van der Waals surface area contributed by atoms with Crippen LogP contribution >= 0.6 is 11.3 Å². The highest BCUT2D eigenvalue weighted by atomic mass is 32.1. The third-order valence-electron chi connectivity index (χ3n) is 9.29. The van der Waals surface area contributed by atoms with Crippen LogP contribution in [0.3, 0.4) is 0 Å². The average molecular weight is 604 g/mol. The molecule has 10 rings (SSSR count). The summed E-state index contributed by atoms with van der Waals surface area (Å²) >= 11 is 1.87. The topological polar surface area (TPSA) is 30.7 Å². The van der Waals surface area contributed by atoms with E-state index >= 15 is 0 Å². The van der Waals surface area contributed by atoms with Crippen LogP contribution < -0.4 is 0 Å². The maximum atomic E-state index is 4.93. The van der Waals surface area contributed by atoms with E-state index < -0.39 is 0 Å². The van der Waals surface area contributed by atoms with Crippen LogP contribution in [0.4, 0.5) is 0 Å². The number of hydrogen-bond donors (Lipinski definition) is 0. The highest BCUT2D eigenvalue weighted by Gasteiger charge is 2.20. The van der Waals surface area contributed by atoms with Crippen molar-refractivity contribution in [3.05, 3.63) is 152 Å². The lowest BCUT2D eigenvalue weighted by Gasteiger charge is -2.15. The lowest BCUT2D eigenvalue weighted by Crippen LogP contribution is -1.97. The van der Waals surface area contributed by atoms with Gasteiger partial charge >= 0.3 is 0 Å². The molecular formula is C42H25N3S. The molecular weight excluding hydrogens is 579 g/mol. The van der Waals surface area contributed by atoms with Gasteiger partial charge in [-0.3, -0.25) is 9.97 Å². The summed E-state index contributed by atoms with van der Waals surface area (Å²) in [6, 6.07) is 48.4. The van der Waals surface area contributed by atoms with E-state index in [0.29, 0.717) is 0 Å². The summed E-state index contributed by atoms with van der Waals surface area (Å²) < 4.78 is 5.08. The van der Waals surface area contributed by atoms with Crippen molar-refractivity contribution in [2.45, 2.75) is 0 Å². The van der Waals surface area contributed by atoms with Gasteiger partial charge in [0.1, 0.15) is 0 Å². The highest BCUT2D eigenvalue weighted by molar-refractivity contribution is 7.26. The predicted molar refractivity (Wildman–Crippen MR) is 195 cm³/mol. The van der Waals surface area contributed by atoms with E-state index in [0.717, 1.165) is 27.7 Å². The van der Waals surface area contributed by atoms with Crippen LogP contribution in [-0.4, -0.2) is 14.5 Å². The van der Waals surface area contributed by atoms with Crippen LogP contribution in [-0.2, 0) is 0 Å². The quantitative estimate of drug-likeness (QED) is 0.188. The zero-order valence-electron chi connectivity index (χ0n) is 24.7. The number of fused-ring (bicyclic) bond motifs is 11. The number of aromatic nitrogens is 3. The Morgan fingerprint density at radius 1 is 0.500 bits per heavy atom. The molecule has 0 N–H and O–H groups in total. The second-order valence-electron chi connectivity index (χ2n) is 11.8. The minimum atomic E-state index is 1.02. The minimum Gasteiger partial charge on any atom is -0.308 e. The molecule has 0 aliphatic heterocycles. The molecule has 0 saturated heterocycles. The van der Waals surface area contributed by atoms with Gasteiger partial charge in [-0.15, -0.1) is 11.3 Å². The molecule has 3 nitrogen and oxygen atoms in total. The maximum Gasteiger partial charge on any atom is 0.0801 e. The fourth-order valence-electron chi connectivity index (χ4n) is 7.34. The standard InChI is InChI=1S/C42H25N3S/c1-2-11-33-32(10-1)39-35-12-3-5-16-37(35)45(41(39)36-15-8-20-44-40(33)36)29-24-27(26-18-21-43-22-19-26)23-28(25-29)30-13-7-14-34-31-9-4-6-17-38(31)46-42(30)34/h1-25H. The number of pyridine rings is 2. The fraction of sp³-hybridized carbons (Fsp3) is 0. The van der Waals surface area contributed by atoms with Crippen LogP contribution in [0.15, 0.2) is 152 Å². The van der Waals surface area contributed by atoms with Crippen molar-refractivity contribution in [3.63, 3.8) is 0 Å². The molecule has 0 aliphatic rings. The summed E-state index contributed by atoms with van der Waals surface area (Å²) in [5.41, 5.74) is 9.23. The molecule has 0 atom stereocenters. The molecule has 0 unspecified atom stereocenters. The summed E-state index contributed by atoms with van der Waals surface area (Å²) in [5.74, 6) is 0. The number of thiophene rings is 1. The zero-order chi connectivity index (χ0) is 30.2. The van der Waals surface area contributed by atoms with Crippen molar-refractivity contribution in [2.24, 2.45) is 0 Å². The van der Waals surface area contributed by atoms with E-state index in [2.05, 4.69) is 143 Å². The van der Waals surface area contributed by atoms with Crippen molar-refractivity contribution in [3.8, 4) is 27.9 Å². The van der Waals surface area contributed by atoms with Gasteiger partial charge in [0.15, 0.2) is 0 Å². The van der Waals surface area contributed by atoms with Crippen molar-refractivity contribution in [1.82, 2.24) is 14.5 Å². The summed E-state index contributed by atoms with van der Waals surface area (Å²) in [5, 5.41) is 8.65. The van der Waals surface area contributed by atoms with Gasteiger partial charge in [0.25, 0.3) is 0 Å². The Kier molecular flexibility index (Phi) is 5.45. The molecule has 4 heteroatoms. The molecule has 0 amide bonds. The number of nitrogens with zero attached hydrogens (tertiary/aromatic N) is 3. The first-order valence-electron chi connectivity index (χ1n) is 15.5. The molecule has 0 fully saturated rings. The largest absolute Gasteiger partial charge is 0.308 e. The predicted octanol–water partition coefficient (Wildman–Crippen LogP) is 11.6. The SMILES string of the molecule is c1ccc2c(c1)sc1c(-c3cc(-c4ccncc4)cc(-n4c5ccccc5c5c6ccccc6c6ncccc6c54)c3)cccc12. The van der Waals surface area contributed by atoms with E-state index in [1.54, 1.807) is 0 Å². The smallest absolute Gasteiger partial charge is 0.0801 e. The van der Waals surface area contributed by atoms with Gasteiger partial charge in [0, 0.05) is 66.0 Å². The van der Waals surface area contributed by atoms with E-state index in [1.165, 1.54) is 63.9 Å². The van der Waals surface area contributed by atoms with E-state index in [4.69, 9.17) is 4.98 Å². The van der Waals surface area contributed by atoms with Gasteiger partial charge < -0.3 is 4.57 Å². The second-order valence-corrected chi connectivity index (χ2v) is 12.9. The first-order chi connectivity index (χ1) is 22.8. The lowest BCUT2D eigenvalue weighted by atomic mass is 9.97. The molecule has 4 heterocycles. The molecule has 0 saturated carbocycles. The molecule has 0 aliphatic carbocycles. The molecule has 0 radical (unpaired) electrons. The summed E-state index contributed by atoms with van der Waals surface area (Å²) in [6.07, 6.45) is 5.65. The Morgan fingerprint density at radius 3 is 2.11 bits per heavy atom. The Morgan fingerprint density at radius 2 is 1.22 bits per heavy atom. The average Bonchev–Trinajstić information content (AvgIpc) is 3.69. The third-order valence-corrected chi connectivity index (χ3v) is 10.5. The summed E-state index contributed by atoms with van der Waals surface area (Å²) in [7, 11) is 0. The van der Waals surface area contributed by atoms with Crippen LogP contribution in [0.5, 0.6) is 0 Å². The molecule has 214 valence electrons. The Balaban J connectivity index is 1.37. The van der Waals surface area contributed by atoms with Crippen molar-refractivity contribution in [1.29, 1.82) is 0 Å². The zero-order valence-corrected chi connectivity index (χ0v) is 25.5. The van der Waals surface area contributed by atoms with Crippen molar-refractivity contribution >= 4 is 75.0 Å². The first-order valence-corrected chi connectivity index (χ1v) is 16.3. The Bertz CT molecular complexity index is 2810. The lowest BCUT2D eigenvalue weighted by molar-refractivity contribution is 1.19. The monoisotopic (exact) mass is 603 g/mol. The van der Waals surface area contributed by atoms with Gasteiger partial charge in [0.05, 0.1) is 16.6 Å². The Hall–Kier alpha value is -5.84. The number of hydrogen-bond acceptors (Lipinski definition) is 3. The number of para-hydroxylation sites is 1. The second kappa shape index (κ2) is 9.83. The molecule has 6 aromatic carbocycles. The van der Waals surface area contributed by atoms with E-state index in [-0.39, 0.29) is 0 Å². The van der Waals surface area contributed by atoms with E-state index in [1.807, 2.05) is 29.9 Å². The molecule has 4 aromatic heterocycles. The fourth-order valence-corrected chi connectivity index (χ4v) is 8.57. The molecule has 10 aromatic rings. The van der Waals surface area contributed by atoms with Crippen LogP contribution in [0, 0.1) is 0 Å². The normalized spacial score (nSPS) is 11.9. The minimum absolute atomic E-state index is 1.02. The number of rotatable bonds is 3.